The number of carbonyl (C=O) groups is 4. The number of nitrogens with one attached hydrogen (secondary N) is 1. The molecule has 0 saturated carbocycles. The van der Waals surface area contributed by atoms with Crippen LogP contribution >= 0.6 is 11.6 Å². The first-order valence-electron chi connectivity index (χ1n) is 13.8. The van der Waals surface area contributed by atoms with Crippen LogP contribution in [0.3, 0.4) is 0 Å². The second-order valence-electron chi connectivity index (χ2n) is 10.8. The molecule has 8 rings (SSSR count). The van der Waals surface area contributed by atoms with Gasteiger partial charge in [0.15, 0.2) is 0 Å². The highest BCUT2D eigenvalue weighted by Crippen LogP contribution is 2.63. The van der Waals surface area contributed by atoms with Gasteiger partial charge in [-0.15, -0.1) is 0 Å². The first kappa shape index (κ1) is 26.8. The van der Waals surface area contributed by atoms with E-state index in [1.165, 1.54) is 11.8 Å². The van der Waals surface area contributed by atoms with Gasteiger partial charge in [0.25, 0.3) is 5.91 Å². The lowest BCUT2D eigenvalue weighted by Crippen LogP contribution is -2.54. The first-order chi connectivity index (χ1) is 20.8. The first-order valence-corrected chi connectivity index (χ1v) is 14.1. The number of imide groups is 1. The maximum absolute atomic E-state index is 14.4. The summed E-state index contributed by atoms with van der Waals surface area (Å²) in [7, 11) is 0. The van der Waals surface area contributed by atoms with Gasteiger partial charge in [0.2, 0.25) is 11.8 Å². The molecule has 2 bridgehead atoms. The van der Waals surface area contributed by atoms with Crippen molar-refractivity contribution in [3.63, 3.8) is 0 Å². The van der Waals surface area contributed by atoms with Crippen LogP contribution in [0.15, 0.2) is 102 Å². The van der Waals surface area contributed by atoms with Crippen molar-refractivity contribution in [3.05, 3.63) is 130 Å². The third-order valence-electron chi connectivity index (χ3n) is 8.59. The van der Waals surface area contributed by atoms with Crippen molar-refractivity contribution in [3.8, 4) is 5.75 Å². The molecule has 3 aliphatic carbocycles. The Balaban J connectivity index is 1.36. The number of rotatable bonds is 5. The predicted molar refractivity (Wildman–Crippen MR) is 160 cm³/mol. The molecule has 1 saturated heterocycles. The highest BCUT2D eigenvalue weighted by molar-refractivity contribution is 6.33. The van der Waals surface area contributed by atoms with E-state index in [-0.39, 0.29) is 28.3 Å². The normalized spacial score (nSPS) is 23.1. The van der Waals surface area contributed by atoms with E-state index in [2.05, 4.69) is 10.5 Å². The molecule has 3 amide bonds. The standard InChI is InChI=1S/C34H24ClN3O5/c1-19(39)43-21-16-14-20(15-17-21)38-32(41)29-28-22-8-2-5-11-25(22)34(30(29)33(38)42,26-12-6-3-9-23(26)28)18-36-37-31(40)24-10-4-7-13-27(24)35/h2-18,28-30H,1H3,(H,37,40)/b36-18-/t28?,29-,30+,34?/m0/s1. The molecular formula is C34H24ClN3O5. The van der Waals surface area contributed by atoms with Gasteiger partial charge in [-0.3, -0.25) is 19.2 Å². The van der Waals surface area contributed by atoms with Crippen LogP contribution in [-0.4, -0.2) is 29.9 Å². The number of hydrogen-bond acceptors (Lipinski definition) is 6. The number of hydrazone groups is 1. The monoisotopic (exact) mass is 589 g/mol. The number of nitrogens with zero attached hydrogens (tertiary/aromatic N) is 2. The highest BCUT2D eigenvalue weighted by atomic mass is 35.5. The van der Waals surface area contributed by atoms with Crippen molar-refractivity contribution in [2.75, 3.05) is 4.90 Å². The Hall–Kier alpha value is -5.08. The molecule has 4 aliphatic rings. The van der Waals surface area contributed by atoms with Gasteiger partial charge < -0.3 is 4.74 Å². The van der Waals surface area contributed by atoms with E-state index < -0.39 is 29.1 Å². The highest BCUT2D eigenvalue weighted by Gasteiger charge is 2.68. The maximum Gasteiger partial charge on any atom is 0.308 e. The van der Waals surface area contributed by atoms with E-state index in [4.69, 9.17) is 16.3 Å². The van der Waals surface area contributed by atoms with Crippen LogP contribution in [0.2, 0.25) is 5.02 Å². The fourth-order valence-electron chi connectivity index (χ4n) is 7.03. The van der Waals surface area contributed by atoms with Crippen molar-refractivity contribution in [2.45, 2.75) is 18.3 Å². The van der Waals surface area contributed by atoms with E-state index in [1.54, 1.807) is 54.7 Å². The molecule has 0 spiro atoms. The summed E-state index contributed by atoms with van der Waals surface area (Å²) >= 11 is 6.23. The van der Waals surface area contributed by atoms with E-state index in [0.29, 0.717) is 11.4 Å². The maximum atomic E-state index is 14.4. The number of hydrogen-bond donors (Lipinski definition) is 1. The Morgan fingerprint density at radius 3 is 2.09 bits per heavy atom. The third-order valence-corrected chi connectivity index (χ3v) is 8.92. The molecule has 9 heteroatoms. The number of anilines is 1. The van der Waals surface area contributed by atoms with Crippen LogP contribution in [0.4, 0.5) is 5.69 Å². The van der Waals surface area contributed by atoms with Crippen LogP contribution < -0.4 is 15.1 Å². The zero-order valence-corrected chi connectivity index (χ0v) is 23.6. The van der Waals surface area contributed by atoms with Crippen molar-refractivity contribution in [1.29, 1.82) is 0 Å². The zero-order chi connectivity index (χ0) is 29.9. The number of halogens is 1. The van der Waals surface area contributed by atoms with Gasteiger partial charge in [-0.2, -0.15) is 5.10 Å². The minimum absolute atomic E-state index is 0.264. The molecular weight excluding hydrogens is 566 g/mol. The Bertz CT molecular complexity index is 1820. The minimum Gasteiger partial charge on any atom is -0.427 e. The van der Waals surface area contributed by atoms with Gasteiger partial charge in [0, 0.05) is 19.1 Å². The number of esters is 1. The van der Waals surface area contributed by atoms with Gasteiger partial charge in [0.1, 0.15) is 5.75 Å². The van der Waals surface area contributed by atoms with Crippen LogP contribution in [0.25, 0.3) is 0 Å². The van der Waals surface area contributed by atoms with Crippen LogP contribution in [0.1, 0.15) is 45.5 Å². The smallest absolute Gasteiger partial charge is 0.308 e. The fourth-order valence-corrected chi connectivity index (χ4v) is 7.25. The fraction of sp³-hybridized carbons (Fsp3) is 0.147. The minimum atomic E-state index is -1.14. The molecule has 2 atom stereocenters. The van der Waals surface area contributed by atoms with Crippen LogP contribution in [0, 0.1) is 11.8 Å². The van der Waals surface area contributed by atoms with Gasteiger partial charge in [0.05, 0.1) is 33.5 Å². The third kappa shape index (κ3) is 3.94. The topological polar surface area (TPSA) is 105 Å². The summed E-state index contributed by atoms with van der Waals surface area (Å²) in [5.74, 6) is -3.20. The molecule has 212 valence electrons. The van der Waals surface area contributed by atoms with Gasteiger partial charge in [-0.1, -0.05) is 72.3 Å². The quantitative estimate of drug-likeness (QED) is 0.113. The molecule has 1 heterocycles. The average molecular weight is 590 g/mol. The second kappa shape index (κ2) is 10.0. The Kier molecular flexibility index (Phi) is 6.25. The SMILES string of the molecule is CC(=O)Oc1ccc(N2C(=O)[C@H]3C4c5ccccc5C(/C=N\NC(=O)c5ccccc5Cl)(c5ccccc54)[C@H]3C2=O)cc1. The van der Waals surface area contributed by atoms with Crippen molar-refractivity contribution < 1.29 is 23.9 Å². The number of benzene rings is 4. The van der Waals surface area contributed by atoms with Crippen molar-refractivity contribution in [2.24, 2.45) is 16.9 Å². The van der Waals surface area contributed by atoms with Crippen LogP contribution in [-0.2, 0) is 19.8 Å². The second-order valence-corrected chi connectivity index (χ2v) is 11.2. The summed E-state index contributed by atoms with van der Waals surface area (Å²) in [6, 6.07) is 28.5. The zero-order valence-electron chi connectivity index (χ0n) is 22.9. The molecule has 43 heavy (non-hydrogen) atoms. The molecule has 1 fully saturated rings. The molecule has 0 aromatic heterocycles. The van der Waals surface area contributed by atoms with Gasteiger partial charge in [-0.05, 0) is 58.7 Å². The van der Waals surface area contributed by atoms with Gasteiger partial charge in [-0.25, -0.2) is 10.3 Å². The summed E-state index contributed by atoms with van der Waals surface area (Å²) in [5.41, 5.74) is 5.71. The average Bonchev–Trinajstić information content (AvgIpc) is 3.28. The molecule has 1 N–H and O–H groups in total. The van der Waals surface area contributed by atoms with E-state index in [1.807, 2.05) is 48.5 Å². The van der Waals surface area contributed by atoms with Crippen LogP contribution in [0.5, 0.6) is 5.75 Å². The lowest BCUT2D eigenvalue weighted by atomic mass is 9.47. The number of carbonyl (C=O) groups excluding carboxylic acids is 4. The number of ether oxygens (including phenoxy) is 1. The van der Waals surface area contributed by atoms with Crippen molar-refractivity contribution >= 4 is 47.2 Å². The molecule has 0 unspecified atom stereocenters. The molecule has 1 aliphatic heterocycles. The molecule has 4 aromatic carbocycles. The summed E-state index contributed by atoms with van der Waals surface area (Å²) in [4.78, 5) is 54.3. The number of amides is 3. The Morgan fingerprint density at radius 2 is 1.47 bits per heavy atom. The lowest BCUT2D eigenvalue weighted by molar-refractivity contribution is -0.132. The van der Waals surface area contributed by atoms with Gasteiger partial charge >= 0.3 is 5.97 Å². The summed E-state index contributed by atoms with van der Waals surface area (Å²) in [5, 5.41) is 4.71. The Morgan fingerprint density at radius 1 is 0.860 bits per heavy atom. The largest absolute Gasteiger partial charge is 0.427 e. The predicted octanol–water partition coefficient (Wildman–Crippen LogP) is 5.23. The summed E-state index contributed by atoms with van der Waals surface area (Å²) in [6.07, 6.45) is 1.60. The van der Waals surface area contributed by atoms with E-state index >= 15 is 0 Å². The Labute approximate surface area is 251 Å². The summed E-state index contributed by atoms with van der Waals surface area (Å²) in [6.45, 7) is 1.30. The molecule has 0 radical (unpaired) electrons. The molecule has 8 nitrogen and oxygen atoms in total. The van der Waals surface area contributed by atoms with E-state index in [0.717, 1.165) is 22.3 Å². The molecule has 4 aromatic rings. The van der Waals surface area contributed by atoms with E-state index in [9.17, 15) is 19.2 Å². The lowest BCUT2D eigenvalue weighted by Gasteiger charge is -2.52. The summed E-state index contributed by atoms with van der Waals surface area (Å²) < 4.78 is 5.14. The van der Waals surface area contributed by atoms with Crippen molar-refractivity contribution in [1.82, 2.24) is 5.43 Å².